The van der Waals surface area contributed by atoms with Gasteiger partial charge in [-0.3, -0.25) is 9.59 Å². The van der Waals surface area contributed by atoms with Gasteiger partial charge in [0.1, 0.15) is 5.78 Å². The Bertz CT molecular complexity index is 296. The van der Waals surface area contributed by atoms with E-state index in [1.807, 2.05) is 0 Å². The molecule has 0 unspecified atom stereocenters. The second kappa shape index (κ2) is 3.06. The summed E-state index contributed by atoms with van der Waals surface area (Å²) in [6, 6.07) is 0. The van der Waals surface area contributed by atoms with Gasteiger partial charge in [-0.15, -0.1) is 0 Å². The molecule has 0 amide bonds. The first-order valence-electron chi connectivity index (χ1n) is 4.36. The van der Waals surface area contributed by atoms with Gasteiger partial charge in [0.05, 0.1) is 18.7 Å². The fraction of sp³-hybridized carbons (Fsp3) is 0.778. The highest BCUT2D eigenvalue weighted by atomic mass is 31.2. The van der Waals surface area contributed by atoms with Crippen molar-refractivity contribution >= 4 is 18.7 Å². The third kappa shape index (κ3) is 2.28. The van der Waals surface area contributed by atoms with Crippen LogP contribution < -0.4 is 0 Å². The lowest BCUT2D eigenvalue weighted by atomic mass is 9.98. The first-order valence-corrected chi connectivity index (χ1v) is 7.15. The van der Waals surface area contributed by atoms with E-state index >= 15 is 0 Å². The van der Waals surface area contributed by atoms with Crippen LogP contribution in [0.25, 0.3) is 0 Å². The maximum absolute atomic E-state index is 11.6. The molecule has 0 aromatic heterocycles. The van der Waals surface area contributed by atoms with E-state index in [0.717, 1.165) is 0 Å². The van der Waals surface area contributed by atoms with E-state index in [0.29, 0.717) is 12.8 Å². The quantitative estimate of drug-likeness (QED) is 0.513. The van der Waals surface area contributed by atoms with Gasteiger partial charge in [-0.2, -0.15) is 0 Å². The molecule has 1 aliphatic rings. The minimum absolute atomic E-state index is 0.0639. The monoisotopic (exact) mass is 202 g/mol. The highest BCUT2D eigenvalue weighted by Gasteiger charge is 2.53. The van der Waals surface area contributed by atoms with E-state index in [2.05, 4.69) is 0 Å². The van der Waals surface area contributed by atoms with Gasteiger partial charge in [-0.25, -0.2) is 0 Å². The number of carbonyl (C=O) groups excluding carboxylic acids is 2. The highest BCUT2D eigenvalue weighted by molar-refractivity contribution is 7.63. The molecule has 0 bridgehead atoms. The van der Waals surface area contributed by atoms with E-state index < -0.39 is 12.6 Å². The van der Waals surface area contributed by atoms with Crippen LogP contribution in [0.1, 0.15) is 19.8 Å². The summed E-state index contributed by atoms with van der Waals surface area (Å²) in [5.74, 6) is -0.181. The van der Waals surface area contributed by atoms with Gasteiger partial charge in [0, 0.05) is 0 Å². The Hall–Kier alpha value is -0.430. The van der Waals surface area contributed by atoms with Crippen molar-refractivity contribution in [3.05, 3.63) is 0 Å². The Morgan fingerprint density at radius 3 is 2.00 bits per heavy atom. The standard InChI is InChI=1S/C9H15O3P/c1-7(10)9(4-5-9)8(11)6-13(2,3)12/h4-6H2,1-3H3. The SMILES string of the molecule is CC(=O)C1(C(=O)CP(C)(C)=O)CC1. The first kappa shape index (κ1) is 10.6. The molecule has 74 valence electrons. The van der Waals surface area contributed by atoms with Crippen LogP contribution >= 0.6 is 7.14 Å². The highest BCUT2D eigenvalue weighted by Crippen LogP contribution is 2.50. The van der Waals surface area contributed by atoms with E-state index in [1.165, 1.54) is 6.92 Å². The van der Waals surface area contributed by atoms with Gasteiger partial charge >= 0.3 is 0 Å². The summed E-state index contributed by atoms with van der Waals surface area (Å²) >= 11 is 0. The van der Waals surface area contributed by atoms with Crippen LogP contribution in [0.3, 0.4) is 0 Å². The topological polar surface area (TPSA) is 51.2 Å². The number of rotatable bonds is 4. The molecule has 0 aromatic rings. The summed E-state index contributed by atoms with van der Waals surface area (Å²) < 4.78 is 11.4. The molecule has 0 N–H and O–H groups in total. The molecule has 13 heavy (non-hydrogen) atoms. The minimum Gasteiger partial charge on any atom is -0.324 e. The van der Waals surface area contributed by atoms with E-state index in [9.17, 15) is 14.2 Å². The predicted molar refractivity (Wildman–Crippen MR) is 51.7 cm³/mol. The molecule has 0 radical (unpaired) electrons. The molecule has 0 aliphatic heterocycles. The summed E-state index contributed by atoms with van der Waals surface area (Å²) in [7, 11) is -2.32. The third-order valence-corrected chi connectivity index (χ3v) is 3.53. The van der Waals surface area contributed by atoms with Crippen molar-refractivity contribution in [2.75, 3.05) is 19.5 Å². The van der Waals surface area contributed by atoms with E-state index in [4.69, 9.17) is 0 Å². The molecule has 0 spiro atoms. The zero-order valence-corrected chi connectivity index (χ0v) is 9.19. The van der Waals surface area contributed by atoms with Gasteiger partial charge in [0.2, 0.25) is 0 Å². The van der Waals surface area contributed by atoms with Crippen LogP contribution in [0, 0.1) is 5.41 Å². The number of hydrogen-bond acceptors (Lipinski definition) is 3. The van der Waals surface area contributed by atoms with Crippen molar-refractivity contribution in [2.24, 2.45) is 5.41 Å². The van der Waals surface area contributed by atoms with Gasteiger partial charge < -0.3 is 4.57 Å². The Morgan fingerprint density at radius 2 is 1.77 bits per heavy atom. The lowest BCUT2D eigenvalue weighted by Gasteiger charge is -2.11. The largest absolute Gasteiger partial charge is 0.324 e. The maximum Gasteiger partial charge on any atom is 0.153 e. The molecule has 1 saturated carbocycles. The van der Waals surface area contributed by atoms with Crippen molar-refractivity contribution < 1.29 is 14.2 Å². The first-order chi connectivity index (χ1) is 5.78. The Labute approximate surface area is 78.3 Å². The minimum atomic E-state index is -2.32. The molecule has 0 heterocycles. The molecule has 4 heteroatoms. The lowest BCUT2D eigenvalue weighted by Crippen LogP contribution is -2.26. The Kier molecular flexibility index (Phi) is 2.50. The normalized spacial score (nSPS) is 19.6. The average molecular weight is 202 g/mol. The molecule has 1 aliphatic carbocycles. The molecule has 0 atom stereocenters. The van der Waals surface area contributed by atoms with Crippen molar-refractivity contribution in [1.29, 1.82) is 0 Å². The lowest BCUT2D eigenvalue weighted by molar-refractivity contribution is -0.131. The van der Waals surface area contributed by atoms with E-state index in [-0.39, 0.29) is 17.7 Å². The van der Waals surface area contributed by atoms with E-state index in [1.54, 1.807) is 13.3 Å². The number of carbonyl (C=O) groups is 2. The second-order valence-electron chi connectivity index (χ2n) is 4.29. The van der Waals surface area contributed by atoms with Gasteiger partial charge in [0.15, 0.2) is 5.78 Å². The van der Waals surface area contributed by atoms with Crippen molar-refractivity contribution in [2.45, 2.75) is 19.8 Å². The van der Waals surface area contributed by atoms with Crippen molar-refractivity contribution in [1.82, 2.24) is 0 Å². The predicted octanol–water partition coefficient (Wildman–Crippen LogP) is 1.55. The fourth-order valence-electron chi connectivity index (χ4n) is 1.45. The fourth-order valence-corrected chi connectivity index (χ4v) is 2.44. The van der Waals surface area contributed by atoms with Crippen LogP contribution in [0.15, 0.2) is 0 Å². The summed E-state index contributed by atoms with van der Waals surface area (Å²) in [6.45, 7) is 4.61. The Balaban J connectivity index is 2.70. The number of ketones is 2. The van der Waals surface area contributed by atoms with Gasteiger partial charge in [0.25, 0.3) is 0 Å². The number of Topliss-reactive ketones (excluding diaryl/α,β-unsaturated/α-hetero) is 2. The van der Waals surface area contributed by atoms with Gasteiger partial charge in [-0.1, -0.05) is 0 Å². The van der Waals surface area contributed by atoms with Gasteiger partial charge in [-0.05, 0) is 33.1 Å². The number of hydrogen-bond donors (Lipinski definition) is 0. The van der Waals surface area contributed by atoms with Crippen LogP contribution in [-0.2, 0) is 14.2 Å². The second-order valence-corrected chi connectivity index (χ2v) is 7.76. The summed E-state index contributed by atoms with van der Waals surface area (Å²) in [5.41, 5.74) is -0.734. The molecule has 1 fully saturated rings. The summed E-state index contributed by atoms with van der Waals surface area (Å²) in [4.78, 5) is 22.7. The zero-order chi connectivity index (χ0) is 10.3. The average Bonchev–Trinajstić information content (AvgIpc) is 2.59. The molecular formula is C9H15O3P. The van der Waals surface area contributed by atoms with Crippen LogP contribution in [0.2, 0.25) is 0 Å². The molecular weight excluding hydrogens is 187 g/mol. The molecule has 3 nitrogen and oxygen atoms in total. The van der Waals surface area contributed by atoms with Crippen LogP contribution in [0.4, 0.5) is 0 Å². The van der Waals surface area contributed by atoms with Crippen molar-refractivity contribution in [3.63, 3.8) is 0 Å². The zero-order valence-electron chi connectivity index (χ0n) is 8.29. The summed E-state index contributed by atoms with van der Waals surface area (Å²) in [5, 5.41) is 0. The molecule has 1 rings (SSSR count). The van der Waals surface area contributed by atoms with Crippen molar-refractivity contribution in [3.8, 4) is 0 Å². The smallest absolute Gasteiger partial charge is 0.153 e. The third-order valence-electron chi connectivity index (χ3n) is 2.48. The van der Waals surface area contributed by atoms with Crippen LogP contribution in [0.5, 0.6) is 0 Å². The molecule has 0 aromatic carbocycles. The maximum atomic E-state index is 11.6. The van der Waals surface area contributed by atoms with Crippen LogP contribution in [-0.4, -0.2) is 31.1 Å². The summed E-state index contributed by atoms with van der Waals surface area (Å²) in [6.07, 6.45) is 1.38. The Morgan fingerprint density at radius 1 is 1.31 bits per heavy atom. The molecule has 0 saturated heterocycles.